The van der Waals surface area contributed by atoms with E-state index in [1.165, 1.54) is 4.90 Å². The summed E-state index contributed by atoms with van der Waals surface area (Å²) >= 11 is 0. The zero-order valence-electron chi connectivity index (χ0n) is 17.6. The molecule has 1 atom stereocenters. The zero-order chi connectivity index (χ0) is 23.1. The molecule has 0 aliphatic carbocycles. The van der Waals surface area contributed by atoms with Gasteiger partial charge in [0.25, 0.3) is 5.91 Å². The largest absolute Gasteiger partial charge is 0.480 e. The Morgan fingerprint density at radius 1 is 1.23 bits per heavy atom. The van der Waals surface area contributed by atoms with Gasteiger partial charge in [-0.2, -0.15) is 18.3 Å². The highest BCUT2D eigenvalue weighted by Crippen LogP contribution is 2.32. The highest BCUT2D eigenvalue weighted by atomic mass is 32.2. The van der Waals surface area contributed by atoms with Gasteiger partial charge in [-0.05, 0) is 31.0 Å². The smallest absolute Gasteiger partial charge is 0.425 e. The predicted octanol–water partition coefficient (Wildman–Crippen LogP) is 3.43. The quantitative estimate of drug-likeness (QED) is 0.661. The second-order valence-electron chi connectivity index (χ2n) is 8.11. The van der Waals surface area contributed by atoms with Crippen LogP contribution in [0, 0.1) is 5.92 Å². The molecule has 1 aromatic heterocycles. The van der Waals surface area contributed by atoms with Crippen molar-refractivity contribution in [1.29, 1.82) is 0 Å². The van der Waals surface area contributed by atoms with Crippen LogP contribution in [0.2, 0.25) is 0 Å². The lowest BCUT2D eigenvalue weighted by Gasteiger charge is -2.22. The molecule has 3 rings (SSSR count). The van der Waals surface area contributed by atoms with Gasteiger partial charge in [-0.25, -0.2) is 8.42 Å². The number of sulfone groups is 1. The van der Waals surface area contributed by atoms with Crippen LogP contribution in [0.4, 0.5) is 13.2 Å². The van der Waals surface area contributed by atoms with Gasteiger partial charge in [-0.1, -0.05) is 13.8 Å². The van der Waals surface area contributed by atoms with Crippen LogP contribution in [0.5, 0.6) is 5.75 Å². The van der Waals surface area contributed by atoms with Crippen molar-refractivity contribution < 1.29 is 31.1 Å². The molecular formula is C20H24F3N3O4S. The maximum atomic E-state index is 13.1. The van der Waals surface area contributed by atoms with Crippen molar-refractivity contribution in [1.82, 2.24) is 14.7 Å². The average molecular weight is 459 g/mol. The van der Waals surface area contributed by atoms with Crippen LogP contribution in [0.1, 0.15) is 42.4 Å². The molecule has 0 N–H and O–H groups in total. The number of alkyl halides is 3. The summed E-state index contributed by atoms with van der Waals surface area (Å²) in [5, 5.41) is 4.46. The maximum Gasteiger partial charge on any atom is 0.425 e. The van der Waals surface area contributed by atoms with E-state index >= 15 is 0 Å². The molecule has 31 heavy (non-hydrogen) atoms. The van der Waals surface area contributed by atoms with Gasteiger partial charge in [0.1, 0.15) is 5.75 Å². The number of hydrogen-bond acceptors (Lipinski definition) is 5. The number of ether oxygens (including phenoxy) is 1. The van der Waals surface area contributed by atoms with E-state index in [1.54, 1.807) is 4.68 Å². The highest BCUT2D eigenvalue weighted by Gasteiger charge is 2.39. The minimum Gasteiger partial charge on any atom is -0.480 e. The Hall–Kier alpha value is -2.56. The number of carbonyl (C=O) groups excluding carboxylic acids is 1. The summed E-state index contributed by atoms with van der Waals surface area (Å²) in [7, 11) is -3.68. The lowest BCUT2D eigenvalue weighted by atomic mass is 10.1. The fourth-order valence-electron chi connectivity index (χ4n) is 3.26. The first-order valence-corrected chi connectivity index (χ1v) is 11.6. The van der Waals surface area contributed by atoms with E-state index in [9.17, 15) is 26.4 Å². The predicted molar refractivity (Wildman–Crippen MR) is 106 cm³/mol. The molecule has 7 nitrogen and oxygen atoms in total. The second kappa shape index (κ2) is 8.18. The van der Waals surface area contributed by atoms with Crippen LogP contribution in [0.15, 0.2) is 29.3 Å². The Labute approximate surface area is 178 Å². The van der Waals surface area contributed by atoms with Gasteiger partial charge in [-0.3, -0.25) is 9.48 Å². The molecule has 0 saturated heterocycles. The summed E-state index contributed by atoms with van der Waals surface area (Å²) in [6.45, 7) is 6.06. The Kier molecular flexibility index (Phi) is 6.09. The van der Waals surface area contributed by atoms with Gasteiger partial charge in [0.05, 0.1) is 22.7 Å². The van der Waals surface area contributed by atoms with Crippen molar-refractivity contribution in [3.8, 4) is 5.75 Å². The SMILES string of the molecule is CC(C)Cn1cc2c(n1)CN(C(=O)c1cc(S(C)(=O)=O)ccc1O[C@@H](C)C(F)(F)F)C2. The first-order chi connectivity index (χ1) is 14.3. The molecule has 11 heteroatoms. The highest BCUT2D eigenvalue weighted by molar-refractivity contribution is 7.90. The van der Waals surface area contributed by atoms with Crippen molar-refractivity contribution in [3.05, 3.63) is 41.2 Å². The van der Waals surface area contributed by atoms with Crippen molar-refractivity contribution in [2.24, 2.45) is 5.92 Å². The molecule has 170 valence electrons. The molecule has 0 spiro atoms. The molecular weight excluding hydrogens is 435 g/mol. The number of fused-ring (bicyclic) bond motifs is 1. The molecule has 1 aliphatic rings. The third kappa shape index (κ3) is 5.20. The van der Waals surface area contributed by atoms with Crippen LogP contribution in [-0.2, 0) is 29.5 Å². The summed E-state index contributed by atoms with van der Waals surface area (Å²) in [5.41, 5.74) is 1.32. The number of nitrogens with zero attached hydrogens (tertiary/aromatic N) is 3. The number of hydrogen-bond donors (Lipinski definition) is 0. The zero-order valence-corrected chi connectivity index (χ0v) is 18.4. The van der Waals surface area contributed by atoms with E-state index in [2.05, 4.69) is 18.9 Å². The molecule has 0 bridgehead atoms. The topological polar surface area (TPSA) is 81.5 Å². The Balaban J connectivity index is 1.90. The fraction of sp³-hybridized carbons (Fsp3) is 0.500. The minimum absolute atomic E-state index is 0.177. The third-order valence-electron chi connectivity index (χ3n) is 4.84. The molecule has 0 radical (unpaired) electrons. The standard InChI is InChI=1S/C20H24F3N3O4S/c1-12(2)8-26-10-14-9-25(11-17(14)24-26)19(27)16-7-15(31(4,28)29)5-6-18(16)30-13(3)20(21,22)23/h5-7,10,12-13H,8-9,11H2,1-4H3/t13-/m0/s1. The van der Waals surface area contributed by atoms with E-state index in [-0.39, 0.29) is 29.3 Å². The van der Waals surface area contributed by atoms with Crippen LogP contribution < -0.4 is 4.74 Å². The van der Waals surface area contributed by atoms with Crippen molar-refractivity contribution in [2.45, 2.75) is 57.6 Å². The summed E-state index contributed by atoms with van der Waals surface area (Å²) in [5.74, 6) is -0.549. The summed E-state index contributed by atoms with van der Waals surface area (Å²) in [4.78, 5) is 14.4. The van der Waals surface area contributed by atoms with E-state index in [1.807, 2.05) is 6.20 Å². The number of carbonyl (C=O) groups is 1. The van der Waals surface area contributed by atoms with Crippen molar-refractivity contribution >= 4 is 15.7 Å². The molecule has 1 amide bonds. The lowest BCUT2D eigenvalue weighted by Crippen LogP contribution is -2.33. The lowest BCUT2D eigenvalue weighted by molar-refractivity contribution is -0.189. The van der Waals surface area contributed by atoms with Gasteiger partial charge >= 0.3 is 6.18 Å². The number of rotatable bonds is 6. The minimum atomic E-state index is -4.64. The maximum absolute atomic E-state index is 13.1. The van der Waals surface area contributed by atoms with Crippen LogP contribution in [0.3, 0.4) is 0 Å². The normalized spacial score (nSPS) is 15.3. The van der Waals surface area contributed by atoms with Gasteiger partial charge in [0, 0.05) is 31.1 Å². The Bertz CT molecular complexity index is 1070. The van der Waals surface area contributed by atoms with Gasteiger partial charge in [0.2, 0.25) is 0 Å². The van der Waals surface area contributed by atoms with Crippen molar-refractivity contribution in [3.63, 3.8) is 0 Å². The monoisotopic (exact) mass is 459 g/mol. The Morgan fingerprint density at radius 3 is 2.45 bits per heavy atom. The van der Waals surface area contributed by atoms with Gasteiger partial charge < -0.3 is 9.64 Å². The van der Waals surface area contributed by atoms with E-state index in [4.69, 9.17) is 4.74 Å². The molecule has 1 aliphatic heterocycles. The molecule has 0 fully saturated rings. The molecule has 2 heterocycles. The first kappa shape index (κ1) is 23.1. The van der Waals surface area contributed by atoms with E-state index in [0.29, 0.717) is 11.6 Å². The molecule has 0 saturated carbocycles. The van der Waals surface area contributed by atoms with Crippen molar-refractivity contribution in [2.75, 3.05) is 6.26 Å². The summed E-state index contributed by atoms with van der Waals surface area (Å²) in [6, 6.07) is 3.27. The van der Waals surface area contributed by atoms with Gasteiger partial charge in [-0.15, -0.1) is 0 Å². The van der Waals surface area contributed by atoms with Crippen LogP contribution >= 0.6 is 0 Å². The van der Waals surface area contributed by atoms with Crippen LogP contribution in [-0.4, -0.2) is 47.5 Å². The summed E-state index contributed by atoms with van der Waals surface area (Å²) < 4.78 is 69.6. The summed E-state index contributed by atoms with van der Waals surface area (Å²) in [6.07, 6.45) is -4.00. The molecule has 0 unspecified atom stereocenters. The number of aromatic nitrogens is 2. The van der Waals surface area contributed by atoms with E-state index in [0.717, 1.165) is 43.5 Å². The number of halogens is 3. The molecule has 2 aromatic rings. The second-order valence-corrected chi connectivity index (χ2v) is 10.1. The van der Waals surface area contributed by atoms with Gasteiger partial charge in [0.15, 0.2) is 15.9 Å². The van der Waals surface area contributed by atoms with Crippen LogP contribution in [0.25, 0.3) is 0 Å². The Morgan fingerprint density at radius 2 is 1.90 bits per heavy atom. The first-order valence-electron chi connectivity index (χ1n) is 9.67. The number of benzene rings is 1. The molecule has 1 aromatic carbocycles. The average Bonchev–Trinajstić information content (AvgIpc) is 3.17. The number of amides is 1. The van der Waals surface area contributed by atoms with E-state index < -0.39 is 28.0 Å². The third-order valence-corrected chi connectivity index (χ3v) is 5.95. The fourth-order valence-corrected chi connectivity index (χ4v) is 3.91.